The maximum absolute atomic E-state index is 11.8. The summed E-state index contributed by atoms with van der Waals surface area (Å²) in [5.74, 6) is 0.255. The number of rotatable bonds is 7. The second kappa shape index (κ2) is 6.89. The van der Waals surface area contributed by atoms with E-state index >= 15 is 0 Å². The first-order valence-electron chi connectivity index (χ1n) is 7.45. The van der Waals surface area contributed by atoms with Gasteiger partial charge in [-0.1, -0.05) is 20.8 Å². The lowest BCUT2D eigenvalue weighted by Crippen LogP contribution is -2.40. The average molecular weight is 292 g/mol. The summed E-state index contributed by atoms with van der Waals surface area (Å²) in [5, 5.41) is 0. The summed E-state index contributed by atoms with van der Waals surface area (Å²) in [4.78, 5) is 18.5. The molecule has 5 nitrogen and oxygen atoms in total. The number of carbonyl (C=O) groups excluding carboxylic acids is 1. The van der Waals surface area contributed by atoms with Crippen LogP contribution in [0.15, 0.2) is 6.07 Å². The van der Waals surface area contributed by atoms with E-state index in [4.69, 9.17) is 11.5 Å². The van der Waals surface area contributed by atoms with Crippen LogP contribution < -0.4 is 16.4 Å². The largest absolute Gasteiger partial charge is 0.365 e. The Balaban J connectivity index is 3.33. The van der Waals surface area contributed by atoms with Gasteiger partial charge < -0.3 is 16.4 Å². The van der Waals surface area contributed by atoms with Crippen molar-refractivity contribution in [1.82, 2.24) is 4.98 Å². The van der Waals surface area contributed by atoms with Crippen molar-refractivity contribution in [3.63, 3.8) is 0 Å². The Kier molecular flexibility index (Phi) is 5.72. The molecule has 0 spiro atoms. The zero-order chi connectivity index (χ0) is 16.2. The molecule has 1 heterocycles. The van der Waals surface area contributed by atoms with E-state index in [2.05, 4.69) is 30.7 Å². The lowest BCUT2D eigenvalue weighted by Gasteiger charge is -2.33. The average Bonchev–Trinajstić information content (AvgIpc) is 2.36. The van der Waals surface area contributed by atoms with E-state index in [0.29, 0.717) is 17.9 Å². The fourth-order valence-corrected chi connectivity index (χ4v) is 2.46. The molecule has 0 radical (unpaired) electrons. The van der Waals surface area contributed by atoms with E-state index in [-0.39, 0.29) is 5.41 Å². The lowest BCUT2D eigenvalue weighted by molar-refractivity contribution is 0.0999. The summed E-state index contributed by atoms with van der Waals surface area (Å²) in [6, 6.07) is 1.89. The Morgan fingerprint density at radius 1 is 1.38 bits per heavy atom. The van der Waals surface area contributed by atoms with Crippen LogP contribution >= 0.6 is 0 Å². The SMILES string of the molecule is CCCN(CC(C)(C)CN)c1nc(C)cc(C)c1C(N)=O. The van der Waals surface area contributed by atoms with Crippen LogP contribution in [0.5, 0.6) is 0 Å². The van der Waals surface area contributed by atoms with Crippen molar-refractivity contribution in [2.75, 3.05) is 24.5 Å². The monoisotopic (exact) mass is 292 g/mol. The van der Waals surface area contributed by atoms with Gasteiger partial charge in [-0.05, 0) is 43.9 Å². The minimum Gasteiger partial charge on any atom is -0.365 e. The normalized spacial score (nSPS) is 11.5. The van der Waals surface area contributed by atoms with Crippen molar-refractivity contribution in [3.8, 4) is 0 Å². The van der Waals surface area contributed by atoms with Gasteiger partial charge in [0.1, 0.15) is 5.82 Å². The molecule has 0 fully saturated rings. The van der Waals surface area contributed by atoms with E-state index in [9.17, 15) is 4.79 Å². The summed E-state index contributed by atoms with van der Waals surface area (Å²) >= 11 is 0. The van der Waals surface area contributed by atoms with Crippen molar-refractivity contribution in [2.24, 2.45) is 16.9 Å². The van der Waals surface area contributed by atoms with Crippen LogP contribution in [0.1, 0.15) is 48.8 Å². The van der Waals surface area contributed by atoms with Crippen LogP contribution in [0.25, 0.3) is 0 Å². The van der Waals surface area contributed by atoms with Crippen LogP contribution in [0.2, 0.25) is 0 Å². The van der Waals surface area contributed by atoms with Crippen molar-refractivity contribution in [1.29, 1.82) is 0 Å². The minimum absolute atomic E-state index is 0.0522. The summed E-state index contributed by atoms with van der Waals surface area (Å²) < 4.78 is 0. The van der Waals surface area contributed by atoms with Gasteiger partial charge in [0.15, 0.2) is 0 Å². The van der Waals surface area contributed by atoms with Crippen molar-refractivity contribution in [3.05, 3.63) is 22.9 Å². The summed E-state index contributed by atoms with van der Waals surface area (Å²) in [6.07, 6.45) is 0.966. The van der Waals surface area contributed by atoms with Crippen LogP contribution in [0.3, 0.4) is 0 Å². The van der Waals surface area contributed by atoms with Gasteiger partial charge in [-0.25, -0.2) is 4.98 Å². The second-order valence-corrected chi connectivity index (χ2v) is 6.43. The van der Waals surface area contributed by atoms with E-state index in [1.807, 2.05) is 19.9 Å². The molecule has 1 aromatic heterocycles. The fraction of sp³-hybridized carbons (Fsp3) is 0.625. The van der Waals surface area contributed by atoms with Gasteiger partial charge in [0.25, 0.3) is 5.91 Å². The van der Waals surface area contributed by atoms with Crippen LogP contribution in [0, 0.1) is 19.3 Å². The zero-order valence-electron chi connectivity index (χ0n) is 13.9. The van der Waals surface area contributed by atoms with E-state index < -0.39 is 5.91 Å². The number of amides is 1. The molecule has 0 aliphatic carbocycles. The van der Waals surface area contributed by atoms with Gasteiger partial charge in [0.2, 0.25) is 0 Å². The number of hydrogen-bond acceptors (Lipinski definition) is 4. The van der Waals surface area contributed by atoms with Gasteiger partial charge in [0.05, 0.1) is 5.56 Å². The minimum atomic E-state index is -0.429. The molecule has 0 saturated carbocycles. The van der Waals surface area contributed by atoms with Crippen LogP contribution in [-0.2, 0) is 0 Å². The topological polar surface area (TPSA) is 85.2 Å². The number of carbonyl (C=O) groups is 1. The van der Waals surface area contributed by atoms with Crippen LogP contribution in [0.4, 0.5) is 5.82 Å². The number of primary amides is 1. The third-order valence-electron chi connectivity index (χ3n) is 3.54. The molecule has 4 N–H and O–H groups in total. The lowest BCUT2D eigenvalue weighted by atomic mass is 9.92. The zero-order valence-corrected chi connectivity index (χ0v) is 13.9. The first kappa shape index (κ1) is 17.4. The Morgan fingerprint density at radius 3 is 2.48 bits per heavy atom. The van der Waals surface area contributed by atoms with Crippen molar-refractivity contribution < 1.29 is 4.79 Å². The van der Waals surface area contributed by atoms with E-state index in [1.165, 1.54) is 0 Å². The summed E-state index contributed by atoms with van der Waals surface area (Å²) in [5.41, 5.74) is 13.6. The molecule has 1 amide bonds. The van der Waals surface area contributed by atoms with E-state index in [1.54, 1.807) is 0 Å². The van der Waals surface area contributed by atoms with Crippen molar-refractivity contribution in [2.45, 2.75) is 41.0 Å². The molecular weight excluding hydrogens is 264 g/mol. The Bertz CT molecular complexity index is 511. The third-order valence-corrected chi connectivity index (χ3v) is 3.54. The van der Waals surface area contributed by atoms with Gasteiger partial charge in [0, 0.05) is 18.8 Å². The molecule has 0 unspecified atom stereocenters. The number of nitrogens with two attached hydrogens (primary N) is 2. The number of nitrogens with zero attached hydrogens (tertiary/aromatic N) is 2. The van der Waals surface area contributed by atoms with Gasteiger partial charge in [-0.15, -0.1) is 0 Å². The van der Waals surface area contributed by atoms with E-state index in [0.717, 1.165) is 30.8 Å². The Hall–Kier alpha value is -1.62. The Morgan fingerprint density at radius 2 is 2.00 bits per heavy atom. The third kappa shape index (κ3) is 4.43. The molecule has 1 aromatic rings. The summed E-state index contributed by atoms with van der Waals surface area (Å²) in [7, 11) is 0. The Labute approximate surface area is 127 Å². The number of aromatic nitrogens is 1. The number of anilines is 1. The molecule has 21 heavy (non-hydrogen) atoms. The highest BCUT2D eigenvalue weighted by molar-refractivity contribution is 5.99. The molecule has 1 rings (SSSR count). The van der Waals surface area contributed by atoms with Gasteiger partial charge in [-0.3, -0.25) is 4.79 Å². The molecule has 0 saturated heterocycles. The van der Waals surface area contributed by atoms with Crippen LogP contribution in [-0.4, -0.2) is 30.5 Å². The molecular formula is C16H28N4O. The molecule has 0 aliphatic heterocycles. The molecule has 118 valence electrons. The number of aryl methyl sites for hydroxylation is 2. The molecule has 5 heteroatoms. The first-order valence-corrected chi connectivity index (χ1v) is 7.45. The van der Waals surface area contributed by atoms with Crippen molar-refractivity contribution >= 4 is 11.7 Å². The highest BCUT2D eigenvalue weighted by Gasteiger charge is 2.25. The standard InChI is InChI=1S/C16H28N4O/c1-6-7-20(10-16(4,5)9-17)15-13(14(18)21)11(2)8-12(3)19-15/h8H,6-7,9-10,17H2,1-5H3,(H2,18,21). The van der Waals surface area contributed by atoms with Gasteiger partial charge >= 0.3 is 0 Å². The summed E-state index contributed by atoms with van der Waals surface area (Å²) in [6.45, 7) is 12.3. The highest BCUT2D eigenvalue weighted by atomic mass is 16.1. The maximum Gasteiger partial charge on any atom is 0.252 e. The molecule has 0 aliphatic rings. The molecule has 0 atom stereocenters. The van der Waals surface area contributed by atoms with Gasteiger partial charge in [-0.2, -0.15) is 0 Å². The first-order chi connectivity index (χ1) is 9.71. The molecule has 0 aromatic carbocycles. The predicted molar refractivity (Wildman–Crippen MR) is 87.6 cm³/mol. The predicted octanol–water partition coefficient (Wildman–Crippen LogP) is 2.00. The smallest absolute Gasteiger partial charge is 0.252 e. The second-order valence-electron chi connectivity index (χ2n) is 6.43. The highest BCUT2D eigenvalue weighted by Crippen LogP contribution is 2.26. The number of hydrogen-bond donors (Lipinski definition) is 2. The quantitative estimate of drug-likeness (QED) is 0.805. The molecule has 0 bridgehead atoms. The fourth-order valence-electron chi connectivity index (χ4n) is 2.46. The number of pyridine rings is 1. The maximum atomic E-state index is 11.8.